The molecular formula is C14H21N3OS. The molecule has 1 unspecified atom stereocenters. The Morgan fingerprint density at radius 2 is 2.32 bits per heavy atom. The number of likely N-dealkylation sites (tertiary alicyclic amines) is 1. The van der Waals surface area contributed by atoms with Gasteiger partial charge in [-0.15, -0.1) is 0 Å². The van der Waals surface area contributed by atoms with Crippen molar-refractivity contribution in [2.75, 3.05) is 24.7 Å². The fourth-order valence-electron chi connectivity index (χ4n) is 2.21. The lowest BCUT2D eigenvalue weighted by Gasteiger charge is -2.23. The van der Waals surface area contributed by atoms with Gasteiger partial charge in [0.25, 0.3) is 0 Å². The molecule has 1 fully saturated rings. The van der Waals surface area contributed by atoms with Crippen LogP contribution in [0.15, 0.2) is 18.3 Å². The zero-order chi connectivity index (χ0) is 13.7. The summed E-state index contributed by atoms with van der Waals surface area (Å²) in [5.74, 6) is 0.626. The Bertz CT molecular complexity index is 421. The Labute approximate surface area is 119 Å². The van der Waals surface area contributed by atoms with E-state index in [1.165, 1.54) is 12.8 Å². The Balaban J connectivity index is 1.96. The molecule has 0 spiro atoms. The van der Waals surface area contributed by atoms with E-state index in [4.69, 9.17) is 0 Å². The van der Waals surface area contributed by atoms with Crippen LogP contribution in [0.1, 0.15) is 24.8 Å². The maximum atomic E-state index is 12.2. The van der Waals surface area contributed by atoms with Crippen molar-refractivity contribution in [1.82, 2.24) is 9.88 Å². The molecule has 0 saturated carbocycles. The van der Waals surface area contributed by atoms with Crippen LogP contribution in [0, 0.1) is 6.92 Å². The van der Waals surface area contributed by atoms with E-state index in [0.29, 0.717) is 11.1 Å². The number of nitrogens with zero attached hydrogens (tertiary/aromatic N) is 2. The summed E-state index contributed by atoms with van der Waals surface area (Å²) in [4.78, 5) is 18.4. The van der Waals surface area contributed by atoms with Crippen LogP contribution >= 0.6 is 11.8 Å². The van der Waals surface area contributed by atoms with Crippen molar-refractivity contribution in [3.63, 3.8) is 0 Å². The predicted octanol–water partition coefficient (Wildman–Crippen LogP) is 3.14. The SMILES string of the molecule is CSC1CCCCN(C(=O)Nc2ccc(C)cn2)C1. The second-order valence-electron chi connectivity index (χ2n) is 4.95. The average Bonchev–Trinajstić information content (AvgIpc) is 2.67. The van der Waals surface area contributed by atoms with Crippen LogP contribution in [0.3, 0.4) is 0 Å². The fraction of sp³-hybridized carbons (Fsp3) is 0.571. The molecule has 1 aliphatic heterocycles. The third-order valence-corrected chi connectivity index (χ3v) is 4.45. The number of rotatable bonds is 2. The van der Waals surface area contributed by atoms with E-state index < -0.39 is 0 Å². The van der Waals surface area contributed by atoms with Crippen molar-refractivity contribution in [3.05, 3.63) is 23.9 Å². The molecule has 2 heterocycles. The number of aromatic nitrogens is 1. The first-order chi connectivity index (χ1) is 9.19. The number of hydrogen-bond donors (Lipinski definition) is 1. The first-order valence-corrected chi connectivity index (χ1v) is 7.99. The van der Waals surface area contributed by atoms with Crippen molar-refractivity contribution in [2.45, 2.75) is 31.4 Å². The largest absolute Gasteiger partial charge is 0.323 e. The van der Waals surface area contributed by atoms with E-state index in [0.717, 1.165) is 25.1 Å². The Morgan fingerprint density at radius 1 is 1.47 bits per heavy atom. The van der Waals surface area contributed by atoms with Gasteiger partial charge in [-0.3, -0.25) is 5.32 Å². The summed E-state index contributed by atoms with van der Waals surface area (Å²) in [6.07, 6.45) is 7.38. The summed E-state index contributed by atoms with van der Waals surface area (Å²) in [5.41, 5.74) is 1.09. The van der Waals surface area contributed by atoms with Crippen molar-refractivity contribution in [1.29, 1.82) is 0 Å². The van der Waals surface area contributed by atoms with Crippen LogP contribution in [-0.2, 0) is 0 Å². The number of pyridine rings is 1. The molecule has 2 amide bonds. The minimum absolute atomic E-state index is 0.0303. The summed E-state index contributed by atoms with van der Waals surface area (Å²) < 4.78 is 0. The molecule has 0 aromatic carbocycles. The number of amides is 2. The summed E-state index contributed by atoms with van der Waals surface area (Å²) in [6.45, 7) is 3.66. The molecule has 1 saturated heterocycles. The summed E-state index contributed by atoms with van der Waals surface area (Å²) in [5, 5.41) is 3.43. The zero-order valence-corrected chi connectivity index (χ0v) is 12.4. The maximum absolute atomic E-state index is 12.2. The highest BCUT2D eigenvalue weighted by atomic mass is 32.2. The van der Waals surface area contributed by atoms with Gasteiger partial charge in [-0.25, -0.2) is 9.78 Å². The minimum Gasteiger partial charge on any atom is -0.323 e. The summed E-state index contributed by atoms with van der Waals surface area (Å²) in [7, 11) is 0. The van der Waals surface area contributed by atoms with E-state index in [2.05, 4.69) is 16.6 Å². The molecule has 1 N–H and O–H groups in total. The van der Waals surface area contributed by atoms with Crippen LogP contribution in [0.25, 0.3) is 0 Å². The molecule has 104 valence electrons. The van der Waals surface area contributed by atoms with Gasteiger partial charge >= 0.3 is 6.03 Å². The number of carbonyl (C=O) groups is 1. The summed E-state index contributed by atoms with van der Waals surface area (Å²) >= 11 is 1.85. The van der Waals surface area contributed by atoms with E-state index in [1.54, 1.807) is 6.20 Å². The summed E-state index contributed by atoms with van der Waals surface area (Å²) in [6, 6.07) is 3.77. The monoisotopic (exact) mass is 279 g/mol. The van der Waals surface area contributed by atoms with E-state index >= 15 is 0 Å². The van der Waals surface area contributed by atoms with Crippen LogP contribution in [0.2, 0.25) is 0 Å². The number of anilines is 1. The van der Waals surface area contributed by atoms with Crippen molar-refractivity contribution in [3.8, 4) is 0 Å². The molecule has 2 rings (SSSR count). The zero-order valence-electron chi connectivity index (χ0n) is 11.6. The van der Waals surface area contributed by atoms with Crippen LogP contribution in [-0.4, -0.2) is 40.5 Å². The van der Waals surface area contributed by atoms with Gasteiger partial charge < -0.3 is 4.90 Å². The van der Waals surface area contributed by atoms with E-state index in [9.17, 15) is 4.79 Å². The van der Waals surface area contributed by atoms with Crippen LogP contribution < -0.4 is 5.32 Å². The molecule has 1 atom stereocenters. The molecule has 5 heteroatoms. The molecule has 0 radical (unpaired) electrons. The third kappa shape index (κ3) is 4.13. The Morgan fingerprint density at radius 3 is 3.00 bits per heavy atom. The molecule has 4 nitrogen and oxygen atoms in total. The quantitative estimate of drug-likeness (QED) is 0.904. The lowest BCUT2D eigenvalue weighted by Crippen LogP contribution is -2.38. The highest BCUT2D eigenvalue weighted by molar-refractivity contribution is 7.99. The molecule has 1 aliphatic rings. The number of carbonyl (C=O) groups excluding carboxylic acids is 1. The van der Waals surface area contributed by atoms with Gasteiger partial charge in [0.15, 0.2) is 0 Å². The van der Waals surface area contributed by atoms with Gasteiger partial charge in [0.05, 0.1) is 0 Å². The standard InChI is InChI=1S/C14H21N3OS/c1-11-6-7-13(15-9-11)16-14(18)17-8-4-3-5-12(10-17)19-2/h6-7,9,12H,3-5,8,10H2,1-2H3,(H,15,16,18). The number of nitrogens with one attached hydrogen (secondary N) is 1. The normalized spacial score (nSPS) is 19.9. The Hall–Kier alpha value is -1.23. The van der Waals surface area contributed by atoms with Crippen molar-refractivity contribution in [2.24, 2.45) is 0 Å². The molecule has 1 aromatic rings. The van der Waals surface area contributed by atoms with Gasteiger partial charge in [0.2, 0.25) is 0 Å². The van der Waals surface area contributed by atoms with Crippen LogP contribution in [0.4, 0.5) is 10.6 Å². The molecule has 0 aliphatic carbocycles. The molecule has 1 aromatic heterocycles. The molecular weight excluding hydrogens is 258 g/mol. The highest BCUT2D eigenvalue weighted by Crippen LogP contribution is 2.20. The number of thioether (sulfide) groups is 1. The van der Waals surface area contributed by atoms with E-state index in [1.807, 2.05) is 35.7 Å². The first kappa shape index (κ1) is 14.2. The van der Waals surface area contributed by atoms with Crippen molar-refractivity contribution >= 4 is 23.6 Å². The lowest BCUT2D eigenvalue weighted by molar-refractivity contribution is 0.214. The van der Waals surface area contributed by atoms with Crippen molar-refractivity contribution < 1.29 is 4.79 Å². The number of urea groups is 1. The first-order valence-electron chi connectivity index (χ1n) is 6.70. The lowest BCUT2D eigenvalue weighted by atomic mass is 10.2. The second-order valence-corrected chi connectivity index (χ2v) is 6.09. The molecule has 0 bridgehead atoms. The maximum Gasteiger partial charge on any atom is 0.323 e. The van der Waals surface area contributed by atoms with Gasteiger partial charge in [-0.05, 0) is 37.7 Å². The van der Waals surface area contributed by atoms with Gasteiger partial charge in [-0.2, -0.15) is 11.8 Å². The fourth-order valence-corrected chi connectivity index (χ4v) is 2.94. The Kier molecular flexibility index (Phi) is 5.07. The van der Waals surface area contributed by atoms with E-state index in [-0.39, 0.29) is 6.03 Å². The highest BCUT2D eigenvalue weighted by Gasteiger charge is 2.21. The topological polar surface area (TPSA) is 45.2 Å². The average molecular weight is 279 g/mol. The third-order valence-electron chi connectivity index (χ3n) is 3.40. The number of hydrogen-bond acceptors (Lipinski definition) is 3. The van der Waals surface area contributed by atoms with Gasteiger partial charge in [-0.1, -0.05) is 12.5 Å². The molecule has 19 heavy (non-hydrogen) atoms. The number of aryl methyl sites for hydroxylation is 1. The smallest absolute Gasteiger partial charge is 0.323 e. The second kappa shape index (κ2) is 6.80. The predicted molar refractivity (Wildman–Crippen MR) is 80.7 cm³/mol. The van der Waals surface area contributed by atoms with Crippen LogP contribution in [0.5, 0.6) is 0 Å². The van der Waals surface area contributed by atoms with Gasteiger partial charge in [0, 0.05) is 24.5 Å². The van der Waals surface area contributed by atoms with Gasteiger partial charge in [0.1, 0.15) is 5.82 Å². The minimum atomic E-state index is -0.0303.